The van der Waals surface area contributed by atoms with Crippen LogP contribution in [0.4, 0.5) is 0 Å². The van der Waals surface area contributed by atoms with E-state index < -0.39 is 23.7 Å². The van der Waals surface area contributed by atoms with Crippen molar-refractivity contribution in [1.82, 2.24) is 5.32 Å². The van der Waals surface area contributed by atoms with Gasteiger partial charge in [-0.2, -0.15) is 0 Å². The van der Waals surface area contributed by atoms with Crippen LogP contribution in [0.25, 0.3) is 0 Å². The van der Waals surface area contributed by atoms with Gasteiger partial charge in [0.05, 0.1) is 7.11 Å². The standard InChI is InChI=1S/C12H19NO5S/c1-7(2)5-10(15)11(16)13-9(12(17)18-4)6-19-8(3)14/h7,9H,5-6H2,1-4H3,(H,13,16). The van der Waals surface area contributed by atoms with Crippen LogP contribution in [0.5, 0.6) is 0 Å². The molecule has 0 aromatic carbocycles. The van der Waals surface area contributed by atoms with Gasteiger partial charge < -0.3 is 10.1 Å². The molecule has 0 saturated heterocycles. The number of esters is 1. The zero-order chi connectivity index (χ0) is 15.0. The van der Waals surface area contributed by atoms with E-state index in [4.69, 9.17) is 0 Å². The lowest BCUT2D eigenvalue weighted by atomic mass is 10.1. The van der Waals surface area contributed by atoms with E-state index >= 15 is 0 Å². The fraction of sp³-hybridized carbons (Fsp3) is 0.667. The molecule has 0 aromatic heterocycles. The number of Topliss-reactive ketones (excluding diaryl/α,β-unsaturated/α-hetero) is 1. The number of methoxy groups -OCH3 is 1. The summed E-state index contributed by atoms with van der Waals surface area (Å²) < 4.78 is 4.52. The summed E-state index contributed by atoms with van der Waals surface area (Å²) in [5, 5.41) is 2.11. The predicted octanol–water partition coefficient (Wildman–Crippen LogP) is 0.539. The van der Waals surface area contributed by atoms with Gasteiger partial charge >= 0.3 is 5.97 Å². The SMILES string of the molecule is COC(=O)C(CSC(C)=O)NC(=O)C(=O)CC(C)C. The summed E-state index contributed by atoms with van der Waals surface area (Å²) in [6, 6.07) is -0.998. The molecule has 0 aliphatic rings. The summed E-state index contributed by atoms with van der Waals surface area (Å²) >= 11 is 0.885. The van der Waals surface area contributed by atoms with Gasteiger partial charge in [0.15, 0.2) is 5.12 Å². The van der Waals surface area contributed by atoms with Gasteiger partial charge in [0, 0.05) is 19.1 Å². The summed E-state index contributed by atoms with van der Waals surface area (Å²) in [5.74, 6) is -1.99. The maximum atomic E-state index is 11.6. The third-order valence-corrected chi connectivity index (χ3v) is 3.00. The molecule has 7 heteroatoms. The molecule has 0 radical (unpaired) electrons. The van der Waals surface area contributed by atoms with Gasteiger partial charge in [0.1, 0.15) is 6.04 Å². The minimum atomic E-state index is -0.998. The van der Waals surface area contributed by atoms with Crippen molar-refractivity contribution in [1.29, 1.82) is 0 Å². The molecule has 0 bridgehead atoms. The van der Waals surface area contributed by atoms with Crippen molar-refractivity contribution in [3.8, 4) is 0 Å². The molecule has 6 nitrogen and oxygen atoms in total. The molecule has 1 atom stereocenters. The molecule has 0 aliphatic heterocycles. The Morgan fingerprint density at radius 2 is 1.79 bits per heavy atom. The van der Waals surface area contributed by atoms with Crippen LogP contribution in [0, 0.1) is 5.92 Å². The second kappa shape index (κ2) is 8.68. The number of ether oxygens (including phenoxy) is 1. The third-order valence-electron chi connectivity index (χ3n) is 2.09. The van der Waals surface area contributed by atoms with Crippen molar-refractivity contribution in [2.45, 2.75) is 33.2 Å². The minimum absolute atomic E-state index is 0.0444. The molecule has 0 fully saturated rings. The number of hydrogen-bond acceptors (Lipinski definition) is 6. The molecule has 0 aromatic rings. The maximum Gasteiger partial charge on any atom is 0.329 e. The first kappa shape index (κ1) is 17.6. The predicted molar refractivity (Wildman–Crippen MR) is 71.5 cm³/mol. The fourth-order valence-corrected chi connectivity index (χ4v) is 1.83. The van der Waals surface area contributed by atoms with Crippen LogP contribution >= 0.6 is 11.8 Å². The Morgan fingerprint density at radius 1 is 1.21 bits per heavy atom. The molecule has 0 spiro atoms. The van der Waals surface area contributed by atoms with Crippen LogP contribution < -0.4 is 5.32 Å². The van der Waals surface area contributed by atoms with Gasteiger partial charge in [-0.3, -0.25) is 14.4 Å². The molecule has 19 heavy (non-hydrogen) atoms. The van der Waals surface area contributed by atoms with Crippen molar-refractivity contribution in [2.75, 3.05) is 12.9 Å². The third kappa shape index (κ3) is 7.61. The van der Waals surface area contributed by atoms with E-state index in [1.807, 2.05) is 13.8 Å². The van der Waals surface area contributed by atoms with E-state index in [9.17, 15) is 19.2 Å². The quantitative estimate of drug-likeness (QED) is 0.543. The molecule has 108 valence electrons. The lowest BCUT2D eigenvalue weighted by Crippen LogP contribution is -2.46. The lowest BCUT2D eigenvalue weighted by Gasteiger charge is -2.15. The number of carbonyl (C=O) groups is 4. The number of carbonyl (C=O) groups excluding carboxylic acids is 4. The van der Waals surface area contributed by atoms with Gasteiger partial charge in [0.25, 0.3) is 5.91 Å². The van der Waals surface area contributed by atoms with Crippen molar-refractivity contribution >= 4 is 34.5 Å². The Bertz CT molecular complexity index is 367. The zero-order valence-electron chi connectivity index (χ0n) is 11.5. The second-order valence-corrected chi connectivity index (χ2v) is 5.57. The molecule has 0 rings (SSSR count). The Balaban J connectivity index is 4.54. The highest BCUT2D eigenvalue weighted by Gasteiger charge is 2.25. The highest BCUT2D eigenvalue weighted by molar-refractivity contribution is 8.13. The van der Waals surface area contributed by atoms with E-state index in [1.165, 1.54) is 14.0 Å². The monoisotopic (exact) mass is 289 g/mol. The Labute approximate surface area is 116 Å². The van der Waals surface area contributed by atoms with Gasteiger partial charge in [-0.25, -0.2) is 4.79 Å². The average Bonchev–Trinajstić information content (AvgIpc) is 2.31. The van der Waals surface area contributed by atoms with Crippen LogP contribution in [-0.2, 0) is 23.9 Å². The minimum Gasteiger partial charge on any atom is -0.467 e. The Morgan fingerprint density at radius 3 is 2.21 bits per heavy atom. The zero-order valence-corrected chi connectivity index (χ0v) is 12.3. The van der Waals surface area contributed by atoms with E-state index in [-0.39, 0.29) is 23.2 Å². The molecular formula is C12H19NO5S. The fourth-order valence-electron chi connectivity index (χ4n) is 1.21. The second-order valence-electron chi connectivity index (χ2n) is 4.37. The highest BCUT2D eigenvalue weighted by atomic mass is 32.2. The Hall–Kier alpha value is -1.37. The highest BCUT2D eigenvalue weighted by Crippen LogP contribution is 2.06. The van der Waals surface area contributed by atoms with Crippen LogP contribution in [-0.4, -0.2) is 41.7 Å². The largest absolute Gasteiger partial charge is 0.467 e. The molecular weight excluding hydrogens is 270 g/mol. The first-order chi connectivity index (χ1) is 8.77. The van der Waals surface area contributed by atoms with Crippen molar-refractivity contribution in [3.63, 3.8) is 0 Å². The normalized spacial score (nSPS) is 11.8. The van der Waals surface area contributed by atoms with E-state index in [0.29, 0.717) is 0 Å². The molecule has 1 unspecified atom stereocenters. The molecule has 0 heterocycles. The Kier molecular flexibility index (Phi) is 8.06. The summed E-state index contributed by atoms with van der Waals surface area (Å²) in [6.07, 6.45) is 0.111. The van der Waals surface area contributed by atoms with Gasteiger partial charge in [-0.1, -0.05) is 25.6 Å². The number of hydrogen-bond donors (Lipinski definition) is 1. The average molecular weight is 289 g/mol. The number of thioether (sulfide) groups is 1. The molecule has 1 N–H and O–H groups in total. The van der Waals surface area contributed by atoms with E-state index in [2.05, 4.69) is 10.1 Å². The summed E-state index contributed by atoms with van der Waals surface area (Å²) in [7, 11) is 1.18. The van der Waals surface area contributed by atoms with Crippen molar-refractivity contribution in [3.05, 3.63) is 0 Å². The number of amides is 1. The van der Waals surface area contributed by atoms with E-state index in [1.54, 1.807) is 0 Å². The number of nitrogens with one attached hydrogen (secondary N) is 1. The summed E-state index contributed by atoms with van der Waals surface area (Å²) in [4.78, 5) is 45.4. The van der Waals surface area contributed by atoms with Gasteiger partial charge in [0.2, 0.25) is 5.78 Å². The first-order valence-corrected chi connectivity index (χ1v) is 6.81. The molecule has 0 aliphatic carbocycles. The van der Waals surface area contributed by atoms with Gasteiger partial charge in [-0.15, -0.1) is 0 Å². The van der Waals surface area contributed by atoms with Crippen molar-refractivity contribution in [2.24, 2.45) is 5.92 Å². The number of rotatable bonds is 7. The van der Waals surface area contributed by atoms with E-state index in [0.717, 1.165) is 11.8 Å². The summed E-state index contributed by atoms with van der Waals surface area (Å²) in [5.41, 5.74) is 0. The topological polar surface area (TPSA) is 89.5 Å². The molecule has 0 saturated carbocycles. The van der Waals surface area contributed by atoms with Crippen LogP contribution in [0.2, 0.25) is 0 Å². The summed E-state index contributed by atoms with van der Waals surface area (Å²) in [6.45, 7) is 4.98. The maximum absolute atomic E-state index is 11.6. The van der Waals surface area contributed by atoms with Crippen LogP contribution in [0.15, 0.2) is 0 Å². The first-order valence-electron chi connectivity index (χ1n) is 5.82. The van der Waals surface area contributed by atoms with Crippen molar-refractivity contribution < 1.29 is 23.9 Å². The lowest BCUT2D eigenvalue weighted by molar-refractivity contribution is -0.146. The van der Waals surface area contributed by atoms with Crippen LogP contribution in [0.1, 0.15) is 27.2 Å². The van der Waals surface area contributed by atoms with Crippen LogP contribution in [0.3, 0.4) is 0 Å². The number of ketones is 1. The molecule has 1 amide bonds. The smallest absolute Gasteiger partial charge is 0.329 e. The van der Waals surface area contributed by atoms with Gasteiger partial charge in [-0.05, 0) is 5.92 Å².